The number of sulfonamides is 1. The van der Waals surface area contributed by atoms with Crippen LogP contribution in [0.1, 0.15) is 28.7 Å². The van der Waals surface area contributed by atoms with Crippen molar-refractivity contribution in [1.29, 1.82) is 0 Å². The summed E-state index contributed by atoms with van der Waals surface area (Å²) < 4.78 is 39.1. The summed E-state index contributed by atoms with van der Waals surface area (Å²) >= 11 is 1.05. The number of benzene rings is 1. The van der Waals surface area contributed by atoms with Gasteiger partial charge < -0.3 is 14.2 Å². The Hall–Kier alpha value is -2.76. The van der Waals surface area contributed by atoms with Crippen LogP contribution >= 0.6 is 11.3 Å². The monoisotopic (exact) mass is 462 g/mol. The minimum atomic E-state index is -3.79. The number of ether oxygens (including phenoxy) is 1. The maximum atomic E-state index is 12.9. The molecule has 0 bridgehead atoms. The zero-order chi connectivity index (χ0) is 22.0. The molecule has 9 nitrogen and oxygen atoms in total. The van der Waals surface area contributed by atoms with Crippen molar-refractivity contribution in [3.05, 3.63) is 46.7 Å². The molecule has 3 heterocycles. The van der Waals surface area contributed by atoms with Gasteiger partial charge in [-0.05, 0) is 30.5 Å². The topological polar surface area (TPSA) is 115 Å². The van der Waals surface area contributed by atoms with Crippen LogP contribution in [0.15, 0.2) is 38.4 Å². The van der Waals surface area contributed by atoms with Crippen molar-refractivity contribution in [2.45, 2.75) is 24.5 Å². The quantitative estimate of drug-likeness (QED) is 0.599. The molecule has 3 aromatic rings. The van der Waals surface area contributed by atoms with Gasteiger partial charge in [-0.15, -0.1) is 11.3 Å². The first-order valence-electron chi connectivity index (χ1n) is 9.80. The van der Waals surface area contributed by atoms with E-state index < -0.39 is 10.0 Å². The van der Waals surface area contributed by atoms with Crippen molar-refractivity contribution >= 4 is 33.0 Å². The van der Waals surface area contributed by atoms with E-state index in [-0.39, 0.29) is 21.8 Å². The predicted octanol–water partition coefficient (Wildman–Crippen LogP) is 2.94. The maximum Gasteiger partial charge on any atom is 0.316 e. The Morgan fingerprint density at radius 3 is 2.81 bits per heavy atom. The molecule has 2 aromatic heterocycles. The van der Waals surface area contributed by atoms with E-state index in [9.17, 15) is 13.2 Å². The average molecular weight is 463 g/mol. The summed E-state index contributed by atoms with van der Waals surface area (Å²) in [6, 6.07) is 7.15. The number of hydrogen-bond donors (Lipinski definition) is 1. The van der Waals surface area contributed by atoms with Crippen LogP contribution in [-0.2, 0) is 21.2 Å². The summed E-state index contributed by atoms with van der Waals surface area (Å²) in [4.78, 5) is 18.2. The van der Waals surface area contributed by atoms with Crippen molar-refractivity contribution < 1.29 is 22.5 Å². The Labute approximate surface area is 184 Å². The van der Waals surface area contributed by atoms with Crippen LogP contribution in [0.4, 0.5) is 5.69 Å². The number of rotatable bonds is 6. The molecule has 0 aliphatic carbocycles. The molecule has 0 unspecified atom stereocenters. The molecule has 0 atom stereocenters. The van der Waals surface area contributed by atoms with Crippen LogP contribution in [-0.4, -0.2) is 55.7 Å². The Bertz CT molecular complexity index is 1200. The van der Waals surface area contributed by atoms with Gasteiger partial charge in [0.2, 0.25) is 5.82 Å². The molecule has 164 valence electrons. The standard InChI is InChI=1S/C20H22N4O5S2/c1-3-14-6-4-5-13(2)17(14)23-31(26,27)16-11-15(12-30-16)18-21-19(29-22-18)20(25)24-7-9-28-10-8-24/h4-6,11-12,23H,3,7-10H2,1-2H3. The zero-order valence-electron chi connectivity index (χ0n) is 17.1. The summed E-state index contributed by atoms with van der Waals surface area (Å²) in [6.45, 7) is 5.69. The highest BCUT2D eigenvalue weighted by Gasteiger charge is 2.26. The molecular weight excluding hydrogens is 440 g/mol. The van der Waals surface area contributed by atoms with Crippen LogP contribution < -0.4 is 4.72 Å². The highest BCUT2D eigenvalue weighted by molar-refractivity contribution is 7.94. The normalized spacial score (nSPS) is 14.6. The number of para-hydroxylation sites is 1. The van der Waals surface area contributed by atoms with Crippen LogP contribution in [0.5, 0.6) is 0 Å². The van der Waals surface area contributed by atoms with Gasteiger partial charge in [-0.1, -0.05) is 30.3 Å². The van der Waals surface area contributed by atoms with E-state index in [1.165, 1.54) is 6.07 Å². The Balaban J connectivity index is 1.54. The molecule has 4 rings (SSSR count). The number of carbonyl (C=O) groups excluding carboxylic acids is 1. The van der Waals surface area contributed by atoms with Crippen molar-refractivity contribution in [3.63, 3.8) is 0 Å². The van der Waals surface area contributed by atoms with Crippen LogP contribution in [0, 0.1) is 6.92 Å². The fraction of sp³-hybridized carbons (Fsp3) is 0.350. The zero-order valence-corrected chi connectivity index (χ0v) is 18.8. The van der Waals surface area contributed by atoms with E-state index in [4.69, 9.17) is 9.26 Å². The SMILES string of the molecule is CCc1cccc(C)c1NS(=O)(=O)c1cc(-c2noc(C(=O)N3CCOCC3)n2)cs1. The smallest absolute Gasteiger partial charge is 0.316 e. The van der Waals surface area contributed by atoms with E-state index in [0.717, 1.165) is 22.5 Å². The van der Waals surface area contributed by atoms with Gasteiger partial charge in [-0.2, -0.15) is 4.98 Å². The average Bonchev–Trinajstić information content (AvgIpc) is 3.45. The third kappa shape index (κ3) is 4.48. The second kappa shape index (κ2) is 8.77. The van der Waals surface area contributed by atoms with Crippen molar-refractivity contribution in [3.8, 4) is 11.4 Å². The van der Waals surface area contributed by atoms with Gasteiger partial charge in [0.1, 0.15) is 4.21 Å². The van der Waals surface area contributed by atoms with E-state index in [1.807, 2.05) is 32.0 Å². The van der Waals surface area contributed by atoms with Gasteiger partial charge in [0.05, 0.1) is 18.9 Å². The van der Waals surface area contributed by atoms with E-state index in [2.05, 4.69) is 14.9 Å². The number of hydrogen-bond acceptors (Lipinski definition) is 8. The Kier molecular flexibility index (Phi) is 6.08. The van der Waals surface area contributed by atoms with Crippen molar-refractivity contribution in [2.24, 2.45) is 0 Å². The first kappa shape index (κ1) is 21.5. The molecule has 0 saturated carbocycles. The van der Waals surface area contributed by atoms with Gasteiger partial charge in [0.25, 0.3) is 10.0 Å². The van der Waals surface area contributed by atoms with Gasteiger partial charge in [0, 0.05) is 24.0 Å². The lowest BCUT2D eigenvalue weighted by Crippen LogP contribution is -2.40. The molecule has 1 aliphatic rings. The number of aromatic nitrogens is 2. The summed E-state index contributed by atoms with van der Waals surface area (Å²) in [5.74, 6) is -0.323. The number of nitrogens with zero attached hydrogens (tertiary/aromatic N) is 3. The molecule has 1 N–H and O–H groups in total. The van der Waals surface area contributed by atoms with E-state index in [0.29, 0.717) is 44.0 Å². The van der Waals surface area contributed by atoms with Gasteiger partial charge >= 0.3 is 11.8 Å². The number of thiophene rings is 1. The summed E-state index contributed by atoms with van der Waals surface area (Å²) in [5, 5.41) is 5.48. The molecule has 31 heavy (non-hydrogen) atoms. The highest BCUT2D eigenvalue weighted by atomic mass is 32.2. The molecule has 1 aromatic carbocycles. The maximum absolute atomic E-state index is 12.9. The molecule has 1 aliphatic heterocycles. The predicted molar refractivity (Wildman–Crippen MR) is 116 cm³/mol. The fourth-order valence-corrected chi connectivity index (χ4v) is 5.59. The lowest BCUT2D eigenvalue weighted by atomic mass is 10.1. The molecule has 1 saturated heterocycles. The molecular formula is C20H22N4O5S2. The molecule has 1 fully saturated rings. The second-order valence-corrected chi connectivity index (χ2v) is 9.87. The first-order chi connectivity index (χ1) is 14.9. The number of amides is 1. The first-order valence-corrected chi connectivity index (χ1v) is 12.2. The number of nitrogens with one attached hydrogen (secondary N) is 1. The summed E-state index contributed by atoms with van der Waals surface area (Å²) in [5.41, 5.74) is 2.84. The molecule has 0 radical (unpaired) electrons. The van der Waals surface area contributed by atoms with Crippen LogP contribution in [0.25, 0.3) is 11.4 Å². The second-order valence-electron chi connectivity index (χ2n) is 7.05. The van der Waals surface area contributed by atoms with Crippen LogP contribution in [0.3, 0.4) is 0 Å². The molecule has 0 spiro atoms. The van der Waals surface area contributed by atoms with Crippen molar-refractivity contribution in [2.75, 3.05) is 31.0 Å². The Morgan fingerprint density at radius 2 is 2.06 bits per heavy atom. The fourth-order valence-electron chi connectivity index (χ4n) is 3.26. The van der Waals surface area contributed by atoms with E-state index in [1.54, 1.807) is 10.3 Å². The van der Waals surface area contributed by atoms with Gasteiger partial charge in [-0.25, -0.2) is 8.42 Å². The summed E-state index contributed by atoms with van der Waals surface area (Å²) in [7, 11) is -3.79. The largest absolute Gasteiger partial charge is 0.378 e. The lowest BCUT2D eigenvalue weighted by molar-refractivity contribution is 0.0272. The highest BCUT2D eigenvalue weighted by Crippen LogP contribution is 2.30. The third-order valence-electron chi connectivity index (χ3n) is 4.98. The minimum Gasteiger partial charge on any atom is -0.378 e. The number of morpholine rings is 1. The molecule has 1 amide bonds. The number of carbonyl (C=O) groups is 1. The molecule has 11 heteroatoms. The number of aryl methyl sites for hydroxylation is 2. The van der Waals surface area contributed by atoms with Gasteiger partial charge in [0.15, 0.2) is 0 Å². The van der Waals surface area contributed by atoms with Crippen LogP contribution in [0.2, 0.25) is 0 Å². The van der Waals surface area contributed by atoms with E-state index >= 15 is 0 Å². The minimum absolute atomic E-state index is 0.124. The number of anilines is 1. The van der Waals surface area contributed by atoms with Crippen molar-refractivity contribution in [1.82, 2.24) is 15.0 Å². The summed E-state index contributed by atoms with van der Waals surface area (Å²) in [6.07, 6.45) is 0.706. The Morgan fingerprint density at radius 1 is 1.29 bits per heavy atom. The third-order valence-corrected chi connectivity index (χ3v) is 7.77. The lowest BCUT2D eigenvalue weighted by Gasteiger charge is -2.25. The van der Waals surface area contributed by atoms with Gasteiger partial charge in [-0.3, -0.25) is 9.52 Å².